The summed E-state index contributed by atoms with van der Waals surface area (Å²) in [5, 5.41) is 15.4. The van der Waals surface area contributed by atoms with Crippen molar-refractivity contribution in [2.45, 2.75) is 50.8 Å². The zero-order chi connectivity index (χ0) is 10.8. The van der Waals surface area contributed by atoms with Crippen LogP contribution in [-0.4, -0.2) is 35.7 Å². The van der Waals surface area contributed by atoms with Gasteiger partial charge in [-0.05, 0) is 25.2 Å². The van der Waals surface area contributed by atoms with Gasteiger partial charge in [-0.15, -0.1) is 12.4 Å². The number of β-amino-alcohol motifs (C(OH)–C–C–N with tert-alkyl or cyclic N) is 1. The van der Waals surface area contributed by atoms with Crippen LogP contribution in [-0.2, 0) is 4.79 Å². The second-order valence-corrected chi connectivity index (χ2v) is 4.75. The van der Waals surface area contributed by atoms with Crippen molar-refractivity contribution in [2.24, 2.45) is 5.92 Å². The Morgan fingerprint density at radius 3 is 2.81 bits per heavy atom. The van der Waals surface area contributed by atoms with E-state index in [1.54, 1.807) is 0 Å². The normalized spacial score (nSPS) is 36.6. The average molecular weight is 249 g/mol. The molecule has 0 aromatic carbocycles. The first-order valence-corrected chi connectivity index (χ1v) is 5.92. The van der Waals surface area contributed by atoms with Gasteiger partial charge in [-0.1, -0.05) is 13.3 Å². The van der Waals surface area contributed by atoms with Crippen LogP contribution in [0.5, 0.6) is 0 Å². The SMILES string of the molecule is CCCC1CC1NC(=O)C1CC(O)CN1.Cl. The third-order valence-electron chi connectivity index (χ3n) is 3.33. The average Bonchev–Trinajstić information content (AvgIpc) is 2.76. The van der Waals surface area contributed by atoms with Crippen LogP contribution in [0, 0.1) is 5.92 Å². The van der Waals surface area contributed by atoms with Gasteiger partial charge >= 0.3 is 0 Å². The van der Waals surface area contributed by atoms with Crippen LogP contribution in [0.1, 0.15) is 32.6 Å². The summed E-state index contributed by atoms with van der Waals surface area (Å²) >= 11 is 0. The summed E-state index contributed by atoms with van der Waals surface area (Å²) in [6.07, 6.45) is 3.74. The van der Waals surface area contributed by atoms with Crippen LogP contribution >= 0.6 is 12.4 Å². The number of rotatable bonds is 4. The highest BCUT2D eigenvalue weighted by molar-refractivity contribution is 5.85. The van der Waals surface area contributed by atoms with E-state index >= 15 is 0 Å². The van der Waals surface area contributed by atoms with Crippen LogP contribution in [0.15, 0.2) is 0 Å². The Kier molecular flexibility index (Phi) is 5.02. The molecule has 16 heavy (non-hydrogen) atoms. The molecule has 94 valence electrons. The predicted octanol–water partition coefficient (Wildman–Crippen LogP) is 0.436. The fraction of sp³-hybridized carbons (Fsp3) is 0.909. The predicted molar refractivity (Wildman–Crippen MR) is 64.6 cm³/mol. The van der Waals surface area contributed by atoms with Gasteiger partial charge in [-0.3, -0.25) is 4.79 Å². The fourth-order valence-electron chi connectivity index (χ4n) is 2.31. The molecule has 0 spiro atoms. The van der Waals surface area contributed by atoms with Crippen LogP contribution in [0.25, 0.3) is 0 Å². The molecule has 0 radical (unpaired) electrons. The topological polar surface area (TPSA) is 61.4 Å². The second-order valence-electron chi connectivity index (χ2n) is 4.75. The van der Waals surface area contributed by atoms with E-state index in [1.165, 1.54) is 12.8 Å². The number of nitrogens with one attached hydrogen (secondary N) is 2. The Morgan fingerprint density at radius 2 is 2.25 bits per heavy atom. The minimum atomic E-state index is -0.355. The maximum absolute atomic E-state index is 11.7. The molecule has 1 aliphatic carbocycles. The first kappa shape index (κ1) is 13.7. The minimum Gasteiger partial charge on any atom is -0.392 e. The van der Waals surface area contributed by atoms with Gasteiger partial charge in [0.25, 0.3) is 0 Å². The molecule has 0 aromatic heterocycles. The van der Waals surface area contributed by atoms with Crippen LogP contribution in [0.4, 0.5) is 0 Å². The van der Waals surface area contributed by atoms with E-state index in [0.29, 0.717) is 24.9 Å². The van der Waals surface area contributed by atoms with Crippen molar-refractivity contribution >= 4 is 18.3 Å². The van der Waals surface area contributed by atoms with E-state index in [2.05, 4.69) is 17.6 Å². The summed E-state index contributed by atoms with van der Waals surface area (Å²) in [5.74, 6) is 0.764. The third-order valence-corrected chi connectivity index (χ3v) is 3.33. The molecule has 0 aromatic rings. The van der Waals surface area contributed by atoms with Gasteiger partial charge in [0.15, 0.2) is 0 Å². The minimum absolute atomic E-state index is 0. The van der Waals surface area contributed by atoms with Gasteiger partial charge in [0.05, 0.1) is 12.1 Å². The summed E-state index contributed by atoms with van der Waals surface area (Å²) < 4.78 is 0. The van der Waals surface area contributed by atoms with Gasteiger partial charge in [-0.2, -0.15) is 0 Å². The maximum atomic E-state index is 11.7. The van der Waals surface area contributed by atoms with Gasteiger partial charge < -0.3 is 15.7 Å². The lowest BCUT2D eigenvalue weighted by Crippen LogP contribution is -2.41. The van der Waals surface area contributed by atoms with Gasteiger partial charge in [0.2, 0.25) is 5.91 Å². The Morgan fingerprint density at radius 1 is 1.50 bits per heavy atom. The molecule has 4 atom stereocenters. The third kappa shape index (κ3) is 3.34. The highest BCUT2D eigenvalue weighted by atomic mass is 35.5. The van der Waals surface area contributed by atoms with Crippen LogP contribution in [0.2, 0.25) is 0 Å². The number of amides is 1. The standard InChI is InChI=1S/C11H20N2O2.ClH/c1-2-3-7-4-9(7)13-11(15)10-5-8(14)6-12-10;/h7-10,12,14H,2-6H2,1H3,(H,13,15);1H. The molecule has 5 heteroatoms. The van der Waals surface area contributed by atoms with Crippen molar-refractivity contribution < 1.29 is 9.90 Å². The largest absolute Gasteiger partial charge is 0.392 e. The molecule has 0 bridgehead atoms. The lowest BCUT2D eigenvalue weighted by atomic mass is 10.2. The molecule has 2 rings (SSSR count). The number of aliphatic hydroxyl groups excluding tert-OH is 1. The zero-order valence-electron chi connectivity index (χ0n) is 9.61. The number of hydrogen-bond donors (Lipinski definition) is 3. The summed E-state index contributed by atoms with van der Waals surface area (Å²) in [7, 11) is 0. The summed E-state index contributed by atoms with van der Waals surface area (Å²) in [6, 6.07) is 0.222. The number of carbonyl (C=O) groups is 1. The maximum Gasteiger partial charge on any atom is 0.237 e. The summed E-state index contributed by atoms with van der Waals surface area (Å²) in [5.41, 5.74) is 0. The highest BCUT2D eigenvalue weighted by Crippen LogP contribution is 2.34. The summed E-state index contributed by atoms with van der Waals surface area (Å²) in [4.78, 5) is 11.7. The lowest BCUT2D eigenvalue weighted by Gasteiger charge is -2.10. The van der Waals surface area contributed by atoms with Crippen molar-refractivity contribution in [3.05, 3.63) is 0 Å². The smallest absolute Gasteiger partial charge is 0.237 e. The molecule has 1 amide bonds. The Bertz CT molecular complexity index is 250. The molecule has 2 fully saturated rings. The van der Waals surface area contributed by atoms with E-state index in [9.17, 15) is 9.90 Å². The van der Waals surface area contributed by atoms with Crippen molar-refractivity contribution in [1.82, 2.24) is 10.6 Å². The fourth-order valence-corrected chi connectivity index (χ4v) is 2.31. The van der Waals surface area contributed by atoms with Crippen LogP contribution in [0.3, 0.4) is 0 Å². The molecule has 3 N–H and O–H groups in total. The molecule has 2 aliphatic rings. The number of aliphatic hydroxyl groups is 1. The number of hydrogen-bond acceptors (Lipinski definition) is 3. The quantitative estimate of drug-likeness (QED) is 0.677. The summed E-state index contributed by atoms with van der Waals surface area (Å²) in [6.45, 7) is 2.72. The first-order chi connectivity index (χ1) is 7.20. The van der Waals surface area contributed by atoms with Gasteiger partial charge in [-0.25, -0.2) is 0 Å². The van der Waals surface area contributed by atoms with Crippen molar-refractivity contribution in [3.63, 3.8) is 0 Å². The molecule has 1 saturated heterocycles. The molecular formula is C11H21ClN2O2. The zero-order valence-corrected chi connectivity index (χ0v) is 10.4. The number of halogens is 1. The highest BCUT2D eigenvalue weighted by Gasteiger charge is 2.39. The number of carbonyl (C=O) groups excluding carboxylic acids is 1. The molecular weight excluding hydrogens is 228 g/mol. The van der Waals surface area contributed by atoms with Crippen molar-refractivity contribution in [1.29, 1.82) is 0 Å². The molecule has 4 nitrogen and oxygen atoms in total. The first-order valence-electron chi connectivity index (χ1n) is 5.92. The Hall–Kier alpha value is -0.320. The van der Waals surface area contributed by atoms with E-state index in [0.717, 1.165) is 6.42 Å². The monoisotopic (exact) mass is 248 g/mol. The second kappa shape index (κ2) is 5.84. The lowest BCUT2D eigenvalue weighted by molar-refractivity contribution is -0.123. The Balaban J connectivity index is 0.00000128. The molecule has 1 aliphatic heterocycles. The van der Waals surface area contributed by atoms with Crippen molar-refractivity contribution in [3.8, 4) is 0 Å². The van der Waals surface area contributed by atoms with E-state index in [1.807, 2.05) is 0 Å². The van der Waals surface area contributed by atoms with E-state index in [4.69, 9.17) is 0 Å². The molecule has 1 saturated carbocycles. The van der Waals surface area contributed by atoms with E-state index in [-0.39, 0.29) is 30.5 Å². The van der Waals surface area contributed by atoms with E-state index < -0.39 is 0 Å². The molecule has 1 heterocycles. The van der Waals surface area contributed by atoms with Crippen LogP contribution < -0.4 is 10.6 Å². The Labute approximate surface area is 103 Å². The van der Waals surface area contributed by atoms with Gasteiger partial charge in [0.1, 0.15) is 0 Å². The van der Waals surface area contributed by atoms with Crippen molar-refractivity contribution in [2.75, 3.05) is 6.54 Å². The van der Waals surface area contributed by atoms with Gasteiger partial charge in [0, 0.05) is 12.6 Å². The molecule has 4 unspecified atom stereocenters.